The number of carbonyl (C=O) groups is 1. The van der Waals surface area contributed by atoms with Crippen molar-refractivity contribution in [3.63, 3.8) is 0 Å². The topological polar surface area (TPSA) is 45.2 Å². The van der Waals surface area contributed by atoms with E-state index >= 15 is 0 Å². The van der Waals surface area contributed by atoms with Crippen LogP contribution in [0.3, 0.4) is 0 Å². The van der Waals surface area contributed by atoms with Crippen LogP contribution in [0.25, 0.3) is 0 Å². The Labute approximate surface area is 117 Å². The Balaban J connectivity index is 2.30. The molecule has 0 aliphatic heterocycles. The predicted molar refractivity (Wildman–Crippen MR) is 76.7 cm³/mol. The molecule has 0 bridgehead atoms. The molecule has 1 aromatic heterocycles. The van der Waals surface area contributed by atoms with Crippen LogP contribution in [0.15, 0.2) is 22.8 Å². The Morgan fingerprint density at radius 2 is 2.22 bits per heavy atom. The van der Waals surface area contributed by atoms with E-state index in [4.69, 9.17) is 0 Å². The first-order valence-electron chi connectivity index (χ1n) is 6.11. The van der Waals surface area contributed by atoms with Gasteiger partial charge in [0.2, 0.25) is 0 Å². The molecule has 1 amide bonds. The highest BCUT2D eigenvalue weighted by Gasteiger charge is 2.07. The van der Waals surface area contributed by atoms with Crippen molar-refractivity contribution in [3.8, 4) is 0 Å². The first kappa shape index (κ1) is 15.1. The van der Waals surface area contributed by atoms with Crippen LogP contribution in [-0.2, 0) is 0 Å². The minimum Gasteiger partial charge on any atom is -0.351 e. The van der Waals surface area contributed by atoms with Crippen molar-refractivity contribution in [1.29, 1.82) is 0 Å². The fourth-order valence-corrected chi connectivity index (χ4v) is 1.76. The fourth-order valence-electron chi connectivity index (χ4n) is 1.41. The Kier molecular flexibility index (Phi) is 6.29. The summed E-state index contributed by atoms with van der Waals surface area (Å²) in [6, 6.07) is 5.85. The number of pyridine rings is 1. The third-order valence-corrected chi connectivity index (χ3v) is 3.24. The highest BCUT2D eigenvalue weighted by Crippen LogP contribution is 2.06. The van der Waals surface area contributed by atoms with Gasteiger partial charge in [-0.3, -0.25) is 4.79 Å². The monoisotopic (exact) mass is 313 g/mol. The minimum absolute atomic E-state index is 0.122. The highest BCUT2D eigenvalue weighted by atomic mass is 79.9. The molecule has 18 heavy (non-hydrogen) atoms. The lowest BCUT2D eigenvalue weighted by molar-refractivity contribution is 0.0946. The molecular weight excluding hydrogens is 294 g/mol. The number of hydrogen-bond donors (Lipinski definition) is 1. The molecule has 0 aliphatic carbocycles. The van der Waals surface area contributed by atoms with Gasteiger partial charge in [-0.1, -0.05) is 6.07 Å². The van der Waals surface area contributed by atoms with Gasteiger partial charge in [0.1, 0.15) is 10.3 Å². The van der Waals surface area contributed by atoms with Gasteiger partial charge in [0.05, 0.1) is 0 Å². The summed E-state index contributed by atoms with van der Waals surface area (Å²) in [5, 5.41) is 2.87. The van der Waals surface area contributed by atoms with Gasteiger partial charge in [0.15, 0.2) is 0 Å². The lowest BCUT2D eigenvalue weighted by Crippen LogP contribution is -2.31. The smallest absolute Gasteiger partial charge is 0.269 e. The van der Waals surface area contributed by atoms with E-state index in [1.54, 1.807) is 18.2 Å². The molecule has 0 saturated carbocycles. The zero-order chi connectivity index (χ0) is 13.5. The van der Waals surface area contributed by atoms with Crippen molar-refractivity contribution in [1.82, 2.24) is 15.2 Å². The van der Waals surface area contributed by atoms with E-state index in [0.717, 1.165) is 13.0 Å². The van der Waals surface area contributed by atoms with Gasteiger partial charge < -0.3 is 10.2 Å². The van der Waals surface area contributed by atoms with Crippen LogP contribution in [0.5, 0.6) is 0 Å². The van der Waals surface area contributed by atoms with Crippen LogP contribution in [0.2, 0.25) is 0 Å². The summed E-state index contributed by atoms with van der Waals surface area (Å²) in [5.74, 6) is -0.122. The Bertz CT molecular complexity index is 396. The summed E-state index contributed by atoms with van der Waals surface area (Å²) in [6.07, 6.45) is 0.939. The van der Waals surface area contributed by atoms with Crippen LogP contribution >= 0.6 is 15.9 Å². The molecule has 1 aromatic rings. The lowest BCUT2D eigenvalue weighted by Gasteiger charge is -2.20. The van der Waals surface area contributed by atoms with Crippen molar-refractivity contribution in [2.45, 2.75) is 26.3 Å². The van der Waals surface area contributed by atoms with Crippen molar-refractivity contribution in [2.75, 3.05) is 20.1 Å². The van der Waals surface area contributed by atoms with Crippen LogP contribution in [0.1, 0.15) is 30.8 Å². The van der Waals surface area contributed by atoms with Gasteiger partial charge >= 0.3 is 0 Å². The zero-order valence-corrected chi connectivity index (χ0v) is 12.7. The average Bonchev–Trinajstić information content (AvgIpc) is 2.33. The third kappa shape index (κ3) is 5.14. The number of halogens is 1. The van der Waals surface area contributed by atoms with Crippen LogP contribution in [0, 0.1) is 0 Å². The maximum atomic E-state index is 11.8. The van der Waals surface area contributed by atoms with Gasteiger partial charge in [-0.15, -0.1) is 0 Å². The van der Waals surface area contributed by atoms with E-state index in [-0.39, 0.29) is 5.91 Å². The molecule has 0 radical (unpaired) electrons. The summed E-state index contributed by atoms with van der Waals surface area (Å²) in [5.41, 5.74) is 0.446. The van der Waals surface area contributed by atoms with Crippen LogP contribution in [-0.4, -0.2) is 42.0 Å². The number of hydrogen-bond acceptors (Lipinski definition) is 3. The Hall–Kier alpha value is -0.940. The molecule has 0 atom stereocenters. The summed E-state index contributed by atoms with van der Waals surface area (Å²) in [7, 11) is 2.09. The zero-order valence-electron chi connectivity index (χ0n) is 11.1. The number of rotatable bonds is 6. The van der Waals surface area contributed by atoms with Crippen molar-refractivity contribution in [2.24, 2.45) is 0 Å². The molecule has 4 nitrogen and oxygen atoms in total. The Morgan fingerprint density at radius 3 is 2.83 bits per heavy atom. The SMILES string of the molecule is CC(C)N(C)CCCNC(=O)c1cccc(Br)n1. The summed E-state index contributed by atoms with van der Waals surface area (Å²) < 4.78 is 0.676. The Morgan fingerprint density at radius 1 is 1.50 bits per heavy atom. The second-order valence-electron chi connectivity index (χ2n) is 4.53. The maximum absolute atomic E-state index is 11.8. The van der Waals surface area contributed by atoms with Gasteiger partial charge in [-0.05, 0) is 61.9 Å². The number of nitrogens with zero attached hydrogens (tertiary/aromatic N) is 2. The van der Waals surface area contributed by atoms with E-state index in [1.165, 1.54) is 0 Å². The third-order valence-electron chi connectivity index (χ3n) is 2.80. The number of carbonyl (C=O) groups excluding carboxylic acids is 1. The van der Waals surface area contributed by atoms with E-state index in [0.29, 0.717) is 22.9 Å². The van der Waals surface area contributed by atoms with Crippen molar-refractivity contribution in [3.05, 3.63) is 28.5 Å². The fraction of sp³-hybridized carbons (Fsp3) is 0.538. The number of amides is 1. The van der Waals surface area contributed by atoms with Crippen molar-refractivity contribution >= 4 is 21.8 Å². The van der Waals surface area contributed by atoms with E-state index < -0.39 is 0 Å². The minimum atomic E-state index is -0.122. The van der Waals surface area contributed by atoms with E-state index in [1.807, 2.05) is 0 Å². The van der Waals surface area contributed by atoms with E-state index in [2.05, 4.69) is 52.0 Å². The summed E-state index contributed by atoms with van der Waals surface area (Å²) in [4.78, 5) is 18.1. The molecule has 5 heteroatoms. The van der Waals surface area contributed by atoms with E-state index in [9.17, 15) is 4.79 Å². The predicted octanol–water partition coefficient (Wildman–Crippen LogP) is 2.30. The number of nitrogens with one attached hydrogen (secondary N) is 1. The molecule has 1 N–H and O–H groups in total. The molecule has 1 heterocycles. The molecule has 0 aliphatic rings. The molecule has 0 aromatic carbocycles. The second kappa shape index (κ2) is 7.48. The second-order valence-corrected chi connectivity index (χ2v) is 5.34. The van der Waals surface area contributed by atoms with Gasteiger partial charge in [0.25, 0.3) is 5.91 Å². The largest absolute Gasteiger partial charge is 0.351 e. The number of aromatic nitrogens is 1. The summed E-state index contributed by atoms with van der Waals surface area (Å²) in [6.45, 7) is 5.96. The molecule has 1 rings (SSSR count). The quantitative estimate of drug-likeness (QED) is 0.647. The first-order valence-corrected chi connectivity index (χ1v) is 6.91. The van der Waals surface area contributed by atoms with Gasteiger partial charge in [0, 0.05) is 12.6 Å². The normalized spacial score (nSPS) is 11.0. The lowest BCUT2D eigenvalue weighted by atomic mass is 10.3. The van der Waals surface area contributed by atoms with Crippen LogP contribution < -0.4 is 5.32 Å². The maximum Gasteiger partial charge on any atom is 0.269 e. The van der Waals surface area contributed by atoms with Crippen LogP contribution in [0.4, 0.5) is 0 Å². The highest BCUT2D eigenvalue weighted by molar-refractivity contribution is 9.10. The van der Waals surface area contributed by atoms with Gasteiger partial charge in [-0.25, -0.2) is 4.98 Å². The van der Waals surface area contributed by atoms with Gasteiger partial charge in [-0.2, -0.15) is 0 Å². The average molecular weight is 314 g/mol. The molecular formula is C13H20BrN3O. The van der Waals surface area contributed by atoms with Crippen molar-refractivity contribution < 1.29 is 4.79 Å². The molecule has 100 valence electrons. The molecule has 0 saturated heterocycles. The molecule has 0 fully saturated rings. The molecule has 0 spiro atoms. The standard InChI is InChI=1S/C13H20BrN3O/c1-10(2)17(3)9-5-8-15-13(18)11-6-4-7-12(14)16-11/h4,6-7,10H,5,8-9H2,1-3H3,(H,15,18). The first-order chi connectivity index (χ1) is 8.50. The summed E-state index contributed by atoms with van der Waals surface area (Å²) >= 11 is 3.25. The molecule has 0 unspecified atom stereocenters.